The van der Waals surface area contributed by atoms with E-state index in [1.807, 2.05) is 66.7 Å². The van der Waals surface area contributed by atoms with Gasteiger partial charge in [-0.25, -0.2) is 5.10 Å². The molecule has 0 aliphatic carbocycles. The molecule has 2 aromatic carbocycles. The van der Waals surface area contributed by atoms with Crippen molar-refractivity contribution in [1.29, 1.82) is 5.26 Å². The molecule has 3 aromatic rings. The summed E-state index contributed by atoms with van der Waals surface area (Å²) in [5.41, 5.74) is 1.73. The van der Waals surface area contributed by atoms with E-state index < -0.39 is 11.5 Å². The quantitative estimate of drug-likeness (QED) is 0.717. The van der Waals surface area contributed by atoms with E-state index in [9.17, 15) is 9.59 Å². The zero-order valence-electron chi connectivity index (χ0n) is 13.2. The monoisotopic (exact) mass is 330 g/mol. The first kappa shape index (κ1) is 16.1. The molecule has 0 unspecified atom stereocenters. The highest BCUT2D eigenvalue weighted by Gasteiger charge is 2.22. The Morgan fingerprint density at radius 3 is 2.24 bits per heavy atom. The van der Waals surface area contributed by atoms with Crippen LogP contribution < -0.4 is 10.9 Å². The third-order valence-electron chi connectivity index (χ3n) is 3.65. The van der Waals surface area contributed by atoms with Gasteiger partial charge in [0.2, 0.25) is 0 Å². The first-order chi connectivity index (χ1) is 12.2. The Morgan fingerprint density at radius 2 is 1.64 bits per heavy atom. The van der Waals surface area contributed by atoms with Crippen LogP contribution in [0.1, 0.15) is 10.4 Å². The smallest absolute Gasteiger partial charge is 0.277 e. The first-order valence-electron chi connectivity index (χ1n) is 7.61. The van der Waals surface area contributed by atoms with E-state index in [1.165, 1.54) is 0 Å². The summed E-state index contributed by atoms with van der Waals surface area (Å²) in [6.07, 6.45) is 0. The maximum Gasteiger partial charge on any atom is 0.277 e. The molecule has 0 bridgehead atoms. The Hall–Kier alpha value is -3.72. The molecule has 0 saturated heterocycles. The van der Waals surface area contributed by atoms with Gasteiger partial charge in [-0.2, -0.15) is 10.4 Å². The summed E-state index contributed by atoms with van der Waals surface area (Å²) in [7, 11) is 0. The van der Waals surface area contributed by atoms with Crippen LogP contribution in [0.2, 0.25) is 0 Å². The van der Waals surface area contributed by atoms with Gasteiger partial charge >= 0.3 is 0 Å². The third kappa shape index (κ3) is 3.31. The molecule has 2 N–H and O–H groups in total. The molecule has 1 aromatic heterocycles. The maximum absolute atomic E-state index is 12.5. The Bertz CT molecular complexity index is 989. The fourth-order valence-corrected chi connectivity index (χ4v) is 2.57. The highest BCUT2D eigenvalue weighted by molar-refractivity contribution is 6.03. The van der Waals surface area contributed by atoms with Gasteiger partial charge in [-0.1, -0.05) is 60.7 Å². The van der Waals surface area contributed by atoms with Gasteiger partial charge in [0.1, 0.15) is 12.1 Å². The zero-order chi connectivity index (χ0) is 17.6. The largest absolute Gasteiger partial charge is 0.339 e. The number of aromatic nitrogens is 2. The summed E-state index contributed by atoms with van der Waals surface area (Å²) < 4.78 is 0. The zero-order valence-corrected chi connectivity index (χ0v) is 13.2. The number of hydrogen-bond acceptors (Lipinski definition) is 4. The molecule has 0 spiro atoms. The van der Waals surface area contributed by atoms with E-state index in [4.69, 9.17) is 5.26 Å². The molecule has 0 aliphatic rings. The van der Waals surface area contributed by atoms with Crippen LogP contribution in [-0.4, -0.2) is 22.6 Å². The lowest BCUT2D eigenvalue weighted by molar-refractivity contribution is 0.0957. The first-order valence-corrected chi connectivity index (χ1v) is 7.61. The van der Waals surface area contributed by atoms with Crippen LogP contribution in [0.25, 0.3) is 22.4 Å². The van der Waals surface area contributed by atoms with Crippen molar-refractivity contribution in [3.8, 4) is 28.5 Å². The number of hydrogen-bond donors (Lipinski definition) is 2. The summed E-state index contributed by atoms with van der Waals surface area (Å²) in [6, 6.07) is 20.2. The van der Waals surface area contributed by atoms with Gasteiger partial charge in [0.05, 0.1) is 11.8 Å². The fourth-order valence-electron chi connectivity index (χ4n) is 2.57. The molecular formula is C19H14N4O2. The normalized spacial score (nSPS) is 10.0. The average Bonchev–Trinajstić information content (AvgIpc) is 2.67. The molecule has 0 radical (unpaired) electrons. The third-order valence-corrected chi connectivity index (χ3v) is 3.65. The predicted octanol–water partition coefficient (Wildman–Crippen LogP) is 2.36. The number of H-pyrrole nitrogens is 1. The maximum atomic E-state index is 12.5. The highest BCUT2D eigenvalue weighted by atomic mass is 16.2. The number of benzene rings is 2. The van der Waals surface area contributed by atoms with E-state index in [0.717, 1.165) is 5.56 Å². The van der Waals surface area contributed by atoms with Gasteiger partial charge in [0.25, 0.3) is 11.5 Å². The van der Waals surface area contributed by atoms with E-state index in [2.05, 4.69) is 15.5 Å². The molecule has 0 atom stereocenters. The number of nitrogens with zero attached hydrogens (tertiary/aromatic N) is 2. The van der Waals surface area contributed by atoms with Crippen molar-refractivity contribution in [3.63, 3.8) is 0 Å². The van der Waals surface area contributed by atoms with Gasteiger partial charge in [-0.05, 0) is 5.56 Å². The minimum Gasteiger partial charge on any atom is -0.339 e. The van der Waals surface area contributed by atoms with Gasteiger partial charge < -0.3 is 5.32 Å². The summed E-state index contributed by atoms with van der Waals surface area (Å²) in [6.45, 7) is -0.185. The van der Waals surface area contributed by atoms with Crippen molar-refractivity contribution in [2.75, 3.05) is 6.54 Å². The lowest BCUT2D eigenvalue weighted by Gasteiger charge is -2.13. The lowest BCUT2D eigenvalue weighted by atomic mass is 9.95. The Balaban J connectivity index is 2.29. The summed E-state index contributed by atoms with van der Waals surface area (Å²) in [5.74, 6) is -0.610. The number of nitrogens with one attached hydrogen (secondary N) is 2. The van der Waals surface area contributed by atoms with Crippen LogP contribution in [0.4, 0.5) is 0 Å². The van der Waals surface area contributed by atoms with Crippen molar-refractivity contribution in [2.45, 2.75) is 0 Å². The average molecular weight is 330 g/mol. The second kappa shape index (κ2) is 7.23. The molecule has 25 heavy (non-hydrogen) atoms. The fraction of sp³-hybridized carbons (Fsp3) is 0.0526. The topological polar surface area (TPSA) is 98.6 Å². The van der Waals surface area contributed by atoms with Crippen molar-refractivity contribution in [3.05, 3.63) is 76.6 Å². The molecular weight excluding hydrogens is 316 g/mol. The second-order valence-corrected chi connectivity index (χ2v) is 5.22. The number of nitriles is 1. The van der Waals surface area contributed by atoms with Gasteiger partial charge in [0.15, 0.2) is 0 Å². The summed E-state index contributed by atoms with van der Waals surface area (Å²) in [5, 5.41) is 17.7. The summed E-state index contributed by atoms with van der Waals surface area (Å²) >= 11 is 0. The molecule has 1 amide bonds. The van der Waals surface area contributed by atoms with Crippen LogP contribution in [0.5, 0.6) is 0 Å². The Morgan fingerprint density at radius 1 is 1.04 bits per heavy atom. The van der Waals surface area contributed by atoms with Crippen LogP contribution in [0, 0.1) is 11.3 Å². The molecule has 0 aliphatic heterocycles. The summed E-state index contributed by atoms with van der Waals surface area (Å²) in [4.78, 5) is 24.8. The van der Waals surface area contributed by atoms with Crippen molar-refractivity contribution in [2.24, 2.45) is 0 Å². The Kier molecular flexibility index (Phi) is 4.67. The van der Waals surface area contributed by atoms with Crippen molar-refractivity contribution < 1.29 is 4.79 Å². The molecule has 6 heteroatoms. The van der Waals surface area contributed by atoms with Crippen LogP contribution in [0.15, 0.2) is 65.5 Å². The van der Waals surface area contributed by atoms with Gasteiger partial charge in [-0.3, -0.25) is 9.59 Å². The second-order valence-electron chi connectivity index (χ2n) is 5.22. The van der Waals surface area contributed by atoms with Gasteiger partial charge in [-0.15, -0.1) is 0 Å². The van der Waals surface area contributed by atoms with Crippen molar-refractivity contribution in [1.82, 2.24) is 15.5 Å². The molecule has 6 nitrogen and oxygen atoms in total. The number of amides is 1. The standard InChI is InChI=1S/C19H14N4O2/c20-11-12-21-18(24)16-15(13-7-3-1-4-8-13)17(22-23-19(16)25)14-9-5-2-6-10-14/h1-10H,12H2,(H,21,24)(H,23,25). The predicted molar refractivity (Wildman–Crippen MR) is 93.7 cm³/mol. The van der Waals surface area contributed by atoms with Crippen LogP contribution >= 0.6 is 0 Å². The molecule has 1 heterocycles. The SMILES string of the molecule is N#CCNC(=O)c1c(-c2ccccc2)c(-c2ccccc2)n[nH]c1=O. The molecule has 0 fully saturated rings. The lowest BCUT2D eigenvalue weighted by Crippen LogP contribution is -2.31. The molecule has 122 valence electrons. The highest BCUT2D eigenvalue weighted by Crippen LogP contribution is 2.31. The number of rotatable bonds is 4. The van der Waals surface area contributed by atoms with Crippen molar-refractivity contribution >= 4 is 5.91 Å². The van der Waals surface area contributed by atoms with Crippen LogP contribution in [0.3, 0.4) is 0 Å². The van der Waals surface area contributed by atoms with E-state index >= 15 is 0 Å². The van der Waals surface area contributed by atoms with E-state index in [0.29, 0.717) is 16.8 Å². The number of aromatic amines is 1. The minimum absolute atomic E-state index is 0.0599. The molecule has 0 saturated carbocycles. The van der Waals surface area contributed by atoms with E-state index in [1.54, 1.807) is 0 Å². The van der Waals surface area contributed by atoms with Gasteiger partial charge in [0, 0.05) is 11.1 Å². The number of carbonyl (C=O) groups is 1. The van der Waals surface area contributed by atoms with E-state index in [-0.39, 0.29) is 12.1 Å². The molecule has 3 rings (SSSR count). The minimum atomic E-state index is -0.610. The number of carbonyl (C=O) groups excluding carboxylic acids is 1. The van der Waals surface area contributed by atoms with Crippen LogP contribution in [-0.2, 0) is 0 Å². The Labute approximate surface area is 143 Å².